The summed E-state index contributed by atoms with van der Waals surface area (Å²) < 4.78 is 0. The van der Waals surface area contributed by atoms with Crippen molar-refractivity contribution in [3.05, 3.63) is 0 Å². The highest BCUT2D eigenvalue weighted by atomic mass is 32.2. The van der Waals surface area contributed by atoms with Gasteiger partial charge in [-0.05, 0) is 32.3 Å². The van der Waals surface area contributed by atoms with Gasteiger partial charge in [-0.3, -0.25) is 4.99 Å². The van der Waals surface area contributed by atoms with Gasteiger partial charge in [0, 0.05) is 11.0 Å². The van der Waals surface area contributed by atoms with Crippen LogP contribution in [0.25, 0.3) is 0 Å². The minimum Gasteiger partial charge on any atom is -0.279 e. The summed E-state index contributed by atoms with van der Waals surface area (Å²) in [6.07, 6.45) is 3.38. The molecule has 0 saturated heterocycles. The van der Waals surface area contributed by atoms with Crippen molar-refractivity contribution in [3.8, 4) is 0 Å². The Kier molecular flexibility index (Phi) is 3.79. The van der Waals surface area contributed by atoms with Crippen LogP contribution in [-0.4, -0.2) is 28.3 Å². The van der Waals surface area contributed by atoms with Crippen LogP contribution in [0.5, 0.6) is 0 Å². The molecule has 0 saturated carbocycles. The first-order chi connectivity index (χ1) is 5.24. The van der Waals surface area contributed by atoms with Gasteiger partial charge in [0.15, 0.2) is 0 Å². The van der Waals surface area contributed by atoms with Crippen molar-refractivity contribution in [3.63, 3.8) is 0 Å². The minimum atomic E-state index is 0.553. The first-order valence-electron chi connectivity index (χ1n) is 3.92. The summed E-state index contributed by atoms with van der Waals surface area (Å²) in [5, 5.41) is 1.21. The first kappa shape index (κ1) is 9.46. The van der Waals surface area contributed by atoms with Gasteiger partial charge in [0.2, 0.25) is 0 Å². The lowest BCUT2D eigenvalue weighted by atomic mass is 10.3. The summed E-state index contributed by atoms with van der Waals surface area (Å²) in [6, 6.07) is 0. The van der Waals surface area contributed by atoms with Crippen molar-refractivity contribution in [2.45, 2.75) is 30.9 Å². The zero-order chi connectivity index (χ0) is 8.27. The predicted molar refractivity (Wildman–Crippen MR) is 56.9 cm³/mol. The molecule has 1 aliphatic heterocycles. The molecular weight excluding hydrogens is 174 g/mol. The second kappa shape index (κ2) is 4.41. The maximum Gasteiger partial charge on any atom is 0.0965 e. The predicted octanol–water partition coefficient (Wildman–Crippen LogP) is 2.66. The molecule has 0 bridgehead atoms. The molecule has 0 unspecified atom stereocenters. The molecule has 1 aliphatic rings. The van der Waals surface area contributed by atoms with Crippen molar-refractivity contribution >= 4 is 29.2 Å². The van der Waals surface area contributed by atoms with E-state index in [0.717, 1.165) is 0 Å². The van der Waals surface area contributed by atoms with Crippen LogP contribution in [-0.2, 0) is 0 Å². The van der Waals surface area contributed by atoms with Crippen molar-refractivity contribution in [1.29, 1.82) is 0 Å². The summed E-state index contributed by atoms with van der Waals surface area (Å²) in [4.78, 5) is 4.57. The summed E-state index contributed by atoms with van der Waals surface area (Å²) in [5.41, 5.74) is 1.32. The maximum atomic E-state index is 4.57. The highest BCUT2D eigenvalue weighted by Crippen LogP contribution is 2.29. The Morgan fingerprint density at radius 3 is 2.82 bits per heavy atom. The van der Waals surface area contributed by atoms with E-state index in [1.54, 1.807) is 0 Å². The number of hydrogen-bond acceptors (Lipinski definition) is 3. The Morgan fingerprint density at radius 1 is 1.64 bits per heavy atom. The Bertz CT molecular complexity index is 156. The average Bonchev–Trinajstić information content (AvgIpc) is 2.28. The second-order valence-electron chi connectivity index (χ2n) is 2.78. The zero-order valence-corrected chi connectivity index (χ0v) is 8.97. The fourth-order valence-corrected chi connectivity index (χ4v) is 2.87. The molecule has 11 heavy (non-hydrogen) atoms. The van der Waals surface area contributed by atoms with Gasteiger partial charge in [-0.15, -0.1) is 11.8 Å². The Balaban J connectivity index is 2.29. The lowest BCUT2D eigenvalue weighted by Gasteiger charge is -2.05. The van der Waals surface area contributed by atoms with Crippen molar-refractivity contribution in [2.75, 3.05) is 12.0 Å². The summed E-state index contributed by atoms with van der Waals surface area (Å²) in [5.74, 6) is 1.24. The molecule has 1 rings (SSSR count). The van der Waals surface area contributed by atoms with Crippen molar-refractivity contribution in [2.24, 2.45) is 4.99 Å². The highest BCUT2D eigenvalue weighted by molar-refractivity contribution is 8.01. The molecule has 64 valence electrons. The SMILES string of the molecule is CSCC[C@@H]1N=C(C)[C@H](C)S1. The molecule has 1 heterocycles. The van der Waals surface area contributed by atoms with Gasteiger partial charge in [0.25, 0.3) is 0 Å². The molecule has 2 atom stereocenters. The van der Waals surface area contributed by atoms with Gasteiger partial charge in [-0.25, -0.2) is 0 Å². The normalized spacial score (nSPS) is 30.6. The molecular formula is C8H15NS2. The first-order valence-corrected chi connectivity index (χ1v) is 6.26. The third-order valence-electron chi connectivity index (χ3n) is 1.87. The van der Waals surface area contributed by atoms with Gasteiger partial charge in [-0.1, -0.05) is 0 Å². The zero-order valence-electron chi connectivity index (χ0n) is 7.33. The quantitative estimate of drug-likeness (QED) is 0.676. The Morgan fingerprint density at radius 2 is 2.36 bits per heavy atom. The Hall–Kier alpha value is 0.370. The number of aliphatic imine (C=N–C) groups is 1. The molecule has 0 fully saturated rings. The van der Waals surface area contributed by atoms with Crippen LogP contribution in [0.15, 0.2) is 4.99 Å². The second-order valence-corrected chi connectivity index (χ2v) is 5.29. The van der Waals surface area contributed by atoms with Gasteiger partial charge in [0.05, 0.1) is 5.37 Å². The lowest BCUT2D eigenvalue weighted by molar-refractivity contribution is 0.891. The number of nitrogens with zero attached hydrogens (tertiary/aromatic N) is 1. The monoisotopic (exact) mass is 189 g/mol. The fraction of sp³-hybridized carbons (Fsp3) is 0.875. The third-order valence-corrected chi connectivity index (χ3v) is 3.91. The average molecular weight is 189 g/mol. The van der Waals surface area contributed by atoms with E-state index in [1.165, 1.54) is 17.9 Å². The molecule has 0 aromatic rings. The largest absolute Gasteiger partial charge is 0.279 e. The van der Waals surface area contributed by atoms with E-state index in [-0.39, 0.29) is 0 Å². The fourth-order valence-electron chi connectivity index (χ4n) is 1.05. The summed E-state index contributed by atoms with van der Waals surface area (Å²) >= 11 is 3.90. The van der Waals surface area contributed by atoms with Crippen LogP contribution in [0.3, 0.4) is 0 Å². The van der Waals surface area contributed by atoms with E-state index in [9.17, 15) is 0 Å². The molecule has 1 nitrogen and oxygen atoms in total. The van der Waals surface area contributed by atoms with Crippen LogP contribution < -0.4 is 0 Å². The number of thioether (sulfide) groups is 2. The Labute approximate surface area is 77.4 Å². The molecule has 0 aromatic carbocycles. The summed E-state index contributed by atoms with van der Waals surface area (Å²) in [6.45, 7) is 4.37. The molecule has 3 heteroatoms. The summed E-state index contributed by atoms with van der Waals surface area (Å²) in [7, 11) is 0. The van der Waals surface area contributed by atoms with E-state index in [0.29, 0.717) is 10.6 Å². The molecule has 0 radical (unpaired) electrons. The third kappa shape index (κ3) is 2.71. The van der Waals surface area contributed by atoms with Crippen molar-refractivity contribution < 1.29 is 0 Å². The van der Waals surface area contributed by atoms with E-state index >= 15 is 0 Å². The topological polar surface area (TPSA) is 12.4 Å². The van der Waals surface area contributed by atoms with Gasteiger partial charge < -0.3 is 0 Å². The number of rotatable bonds is 3. The van der Waals surface area contributed by atoms with Gasteiger partial charge >= 0.3 is 0 Å². The van der Waals surface area contributed by atoms with Crippen LogP contribution in [0.1, 0.15) is 20.3 Å². The molecule has 0 aliphatic carbocycles. The van der Waals surface area contributed by atoms with Crippen LogP contribution >= 0.6 is 23.5 Å². The molecule has 0 spiro atoms. The number of hydrogen-bond donors (Lipinski definition) is 0. The lowest BCUT2D eigenvalue weighted by Crippen LogP contribution is -2.02. The smallest absolute Gasteiger partial charge is 0.0965 e. The van der Waals surface area contributed by atoms with Gasteiger partial charge in [0.1, 0.15) is 0 Å². The van der Waals surface area contributed by atoms with Crippen LogP contribution in [0, 0.1) is 0 Å². The molecule has 0 N–H and O–H groups in total. The van der Waals surface area contributed by atoms with E-state index < -0.39 is 0 Å². The van der Waals surface area contributed by atoms with E-state index in [4.69, 9.17) is 0 Å². The van der Waals surface area contributed by atoms with Crippen LogP contribution in [0.2, 0.25) is 0 Å². The molecule has 0 amide bonds. The highest BCUT2D eigenvalue weighted by Gasteiger charge is 2.21. The molecule has 0 aromatic heterocycles. The van der Waals surface area contributed by atoms with E-state index in [2.05, 4.69) is 25.1 Å². The maximum absolute atomic E-state index is 4.57. The van der Waals surface area contributed by atoms with E-state index in [1.807, 2.05) is 23.5 Å². The van der Waals surface area contributed by atoms with Gasteiger partial charge in [-0.2, -0.15) is 11.8 Å². The minimum absolute atomic E-state index is 0.553. The van der Waals surface area contributed by atoms with Crippen molar-refractivity contribution in [1.82, 2.24) is 0 Å². The standard InChI is InChI=1S/C8H15NS2/c1-6-7(2)11-8(9-6)4-5-10-3/h7-8H,4-5H2,1-3H3/t7-,8+/m0/s1. The van der Waals surface area contributed by atoms with Crippen LogP contribution in [0.4, 0.5) is 0 Å².